The maximum atomic E-state index is 10.9. The largest absolute Gasteiger partial charge is 0.373 e. The Morgan fingerprint density at radius 1 is 1.38 bits per heavy atom. The van der Waals surface area contributed by atoms with Crippen LogP contribution in [0, 0.1) is 15.5 Å². The zero-order chi connectivity index (χ0) is 15.5. The molecule has 0 aliphatic carbocycles. The Morgan fingerprint density at radius 3 is 2.57 bits per heavy atom. The van der Waals surface area contributed by atoms with Crippen LogP contribution in [0.4, 0.5) is 17.3 Å². The van der Waals surface area contributed by atoms with E-state index in [1.165, 1.54) is 12.1 Å². The van der Waals surface area contributed by atoms with Crippen LogP contribution in [0.25, 0.3) is 0 Å². The molecule has 0 radical (unpaired) electrons. The van der Waals surface area contributed by atoms with E-state index < -0.39 is 4.92 Å². The molecular weight excluding hydrogens is 270 g/mol. The van der Waals surface area contributed by atoms with Crippen LogP contribution in [-0.2, 0) is 0 Å². The lowest BCUT2D eigenvalue weighted by molar-refractivity contribution is -0.384. The molecule has 0 aromatic carbocycles. The van der Waals surface area contributed by atoms with E-state index in [1.807, 2.05) is 0 Å². The minimum atomic E-state index is -0.398. The first-order valence-corrected chi connectivity index (χ1v) is 7.18. The summed E-state index contributed by atoms with van der Waals surface area (Å²) < 4.78 is 0. The van der Waals surface area contributed by atoms with Gasteiger partial charge in [0.15, 0.2) is 0 Å². The molecule has 1 aromatic heterocycles. The number of hydrogen-bond acceptors (Lipinski definition) is 6. The van der Waals surface area contributed by atoms with E-state index in [0.29, 0.717) is 11.6 Å². The SMILES string of the molecule is CNc1cc([N+](=O)[O-])cc(NCC2(C)CCN(C)CC2)n1. The number of nitro groups is 1. The lowest BCUT2D eigenvalue weighted by atomic mass is 9.80. The van der Waals surface area contributed by atoms with Gasteiger partial charge in [0.05, 0.1) is 17.1 Å². The summed E-state index contributed by atoms with van der Waals surface area (Å²) in [4.78, 5) is 17.2. The topological polar surface area (TPSA) is 83.3 Å². The summed E-state index contributed by atoms with van der Waals surface area (Å²) >= 11 is 0. The number of rotatable bonds is 5. The molecular formula is C14H23N5O2. The highest BCUT2D eigenvalue weighted by Gasteiger charge is 2.28. The highest BCUT2D eigenvalue weighted by molar-refractivity contribution is 5.54. The molecule has 1 aliphatic rings. The van der Waals surface area contributed by atoms with E-state index in [4.69, 9.17) is 0 Å². The van der Waals surface area contributed by atoms with E-state index in [1.54, 1.807) is 7.05 Å². The fourth-order valence-corrected chi connectivity index (χ4v) is 2.48. The number of pyridine rings is 1. The van der Waals surface area contributed by atoms with Crippen LogP contribution < -0.4 is 10.6 Å². The van der Waals surface area contributed by atoms with E-state index in [-0.39, 0.29) is 11.1 Å². The van der Waals surface area contributed by atoms with Crippen molar-refractivity contribution in [1.82, 2.24) is 9.88 Å². The van der Waals surface area contributed by atoms with E-state index in [2.05, 4.69) is 34.5 Å². The van der Waals surface area contributed by atoms with Crippen molar-refractivity contribution in [2.75, 3.05) is 44.4 Å². The van der Waals surface area contributed by atoms with Crippen LogP contribution >= 0.6 is 0 Å². The van der Waals surface area contributed by atoms with Gasteiger partial charge in [-0.15, -0.1) is 0 Å². The molecule has 1 saturated heterocycles. The second kappa shape index (κ2) is 6.26. The lowest BCUT2D eigenvalue weighted by Crippen LogP contribution is -2.40. The Labute approximate surface area is 124 Å². The van der Waals surface area contributed by atoms with Gasteiger partial charge in [0, 0.05) is 13.6 Å². The molecule has 7 heteroatoms. The monoisotopic (exact) mass is 293 g/mol. The molecule has 2 N–H and O–H groups in total. The van der Waals surface area contributed by atoms with Gasteiger partial charge >= 0.3 is 0 Å². The van der Waals surface area contributed by atoms with Crippen molar-refractivity contribution in [3.05, 3.63) is 22.2 Å². The second-order valence-corrected chi connectivity index (χ2v) is 6.07. The van der Waals surface area contributed by atoms with Crippen molar-refractivity contribution >= 4 is 17.3 Å². The van der Waals surface area contributed by atoms with Crippen molar-refractivity contribution in [2.45, 2.75) is 19.8 Å². The molecule has 116 valence electrons. The van der Waals surface area contributed by atoms with E-state index in [0.717, 1.165) is 32.5 Å². The van der Waals surface area contributed by atoms with Gasteiger partial charge in [-0.2, -0.15) is 0 Å². The maximum absolute atomic E-state index is 10.9. The van der Waals surface area contributed by atoms with Gasteiger partial charge in [-0.1, -0.05) is 6.92 Å². The Bertz CT molecular complexity index is 512. The molecule has 1 aliphatic heterocycles. The molecule has 2 rings (SSSR count). The standard InChI is InChI=1S/C14H23N5O2/c1-14(4-6-18(3)7-5-14)10-16-13-9-11(19(20)21)8-12(15-2)17-13/h8-9H,4-7,10H2,1-3H3,(H2,15,16,17). The Morgan fingerprint density at radius 2 is 2.00 bits per heavy atom. The van der Waals surface area contributed by atoms with Gasteiger partial charge in [0.1, 0.15) is 11.6 Å². The normalized spacial score (nSPS) is 18.2. The first kappa shape index (κ1) is 15.5. The fourth-order valence-electron chi connectivity index (χ4n) is 2.48. The Kier molecular flexibility index (Phi) is 4.62. The van der Waals surface area contributed by atoms with Crippen LogP contribution in [0.3, 0.4) is 0 Å². The molecule has 0 amide bonds. The summed E-state index contributed by atoms with van der Waals surface area (Å²) in [5, 5.41) is 17.1. The van der Waals surface area contributed by atoms with Crippen molar-refractivity contribution in [1.29, 1.82) is 0 Å². The summed E-state index contributed by atoms with van der Waals surface area (Å²) in [6, 6.07) is 2.92. The average molecular weight is 293 g/mol. The van der Waals surface area contributed by atoms with Gasteiger partial charge in [0.25, 0.3) is 5.69 Å². The second-order valence-electron chi connectivity index (χ2n) is 6.07. The van der Waals surface area contributed by atoms with Crippen molar-refractivity contribution in [2.24, 2.45) is 5.41 Å². The van der Waals surface area contributed by atoms with Crippen molar-refractivity contribution in [3.63, 3.8) is 0 Å². The maximum Gasteiger partial charge on any atom is 0.276 e. The number of hydrogen-bond donors (Lipinski definition) is 2. The first-order valence-electron chi connectivity index (χ1n) is 7.18. The molecule has 0 bridgehead atoms. The van der Waals surface area contributed by atoms with Gasteiger partial charge < -0.3 is 15.5 Å². The molecule has 0 spiro atoms. The highest BCUT2D eigenvalue weighted by Crippen LogP contribution is 2.31. The number of anilines is 2. The lowest BCUT2D eigenvalue weighted by Gasteiger charge is -2.38. The van der Waals surface area contributed by atoms with Gasteiger partial charge in [-0.25, -0.2) is 4.98 Å². The van der Waals surface area contributed by atoms with E-state index >= 15 is 0 Å². The summed E-state index contributed by atoms with van der Waals surface area (Å²) in [5.74, 6) is 1.05. The van der Waals surface area contributed by atoms with Crippen LogP contribution in [0.5, 0.6) is 0 Å². The van der Waals surface area contributed by atoms with Gasteiger partial charge in [-0.3, -0.25) is 10.1 Å². The quantitative estimate of drug-likeness (QED) is 0.639. The molecule has 2 heterocycles. The minimum absolute atomic E-state index is 0.0466. The fraction of sp³-hybridized carbons (Fsp3) is 0.643. The van der Waals surface area contributed by atoms with Crippen molar-refractivity contribution < 1.29 is 4.92 Å². The third-order valence-electron chi connectivity index (χ3n) is 4.17. The van der Waals surface area contributed by atoms with Crippen LogP contribution in [-0.4, -0.2) is 48.5 Å². The summed E-state index contributed by atoms with van der Waals surface area (Å²) in [5.41, 5.74) is 0.254. The third kappa shape index (κ3) is 4.04. The molecule has 21 heavy (non-hydrogen) atoms. The van der Waals surface area contributed by atoms with Crippen molar-refractivity contribution in [3.8, 4) is 0 Å². The van der Waals surface area contributed by atoms with Gasteiger partial charge in [-0.05, 0) is 38.4 Å². The summed E-state index contributed by atoms with van der Waals surface area (Å²) in [6.45, 7) is 5.20. The number of piperidine rings is 1. The summed E-state index contributed by atoms with van der Waals surface area (Å²) in [6.07, 6.45) is 2.23. The van der Waals surface area contributed by atoms with Crippen LogP contribution in [0.1, 0.15) is 19.8 Å². The average Bonchev–Trinajstić information content (AvgIpc) is 2.48. The Hall–Kier alpha value is -1.89. The molecule has 0 unspecified atom stereocenters. The molecule has 0 saturated carbocycles. The number of nitrogens with one attached hydrogen (secondary N) is 2. The highest BCUT2D eigenvalue weighted by atomic mass is 16.6. The molecule has 7 nitrogen and oxygen atoms in total. The summed E-state index contributed by atoms with van der Waals surface area (Å²) in [7, 11) is 3.84. The van der Waals surface area contributed by atoms with Crippen LogP contribution in [0.2, 0.25) is 0 Å². The van der Waals surface area contributed by atoms with Crippen LogP contribution in [0.15, 0.2) is 12.1 Å². The number of likely N-dealkylation sites (tertiary alicyclic amines) is 1. The predicted octanol–water partition coefficient (Wildman–Crippen LogP) is 2.18. The molecule has 1 aromatic rings. The zero-order valence-electron chi connectivity index (χ0n) is 12.8. The smallest absolute Gasteiger partial charge is 0.276 e. The molecule has 1 fully saturated rings. The zero-order valence-corrected chi connectivity index (χ0v) is 12.8. The van der Waals surface area contributed by atoms with Gasteiger partial charge in [0.2, 0.25) is 0 Å². The van der Waals surface area contributed by atoms with E-state index in [9.17, 15) is 10.1 Å². The molecule has 0 atom stereocenters. The number of aromatic nitrogens is 1. The Balaban J connectivity index is 2.05. The predicted molar refractivity (Wildman–Crippen MR) is 83.8 cm³/mol. The minimum Gasteiger partial charge on any atom is -0.373 e. The number of nitrogens with zero attached hydrogens (tertiary/aromatic N) is 3. The third-order valence-corrected chi connectivity index (χ3v) is 4.17. The first-order chi connectivity index (χ1) is 9.92.